The van der Waals surface area contributed by atoms with Crippen molar-refractivity contribution in [1.29, 1.82) is 0 Å². The van der Waals surface area contributed by atoms with Crippen LogP contribution in [0.5, 0.6) is 11.5 Å². The van der Waals surface area contributed by atoms with E-state index in [2.05, 4.69) is 26.0 Å². The number of hydrogen-bond acceptors (Lipinski definition) is 2. The fraction of sp³-hybridized carbons (Fsp3) is 0.312. The van der Waals surface area contributed by atoms with Crippen molar-refractivity contribution in [2.24, 2.45) is 0 Å². The molecule has 0 unspecified atom stereocenters. The van der Waals surface area contributed by atoms with E-state index in [1.54, 1.807) is 26.0 Å². The zero-order chi connectivity index (χ0) is 29.1. The summed E-state index contributed by atoms with van der Waals surface area (Å²) < 4.78 is 70.3. The molecule has 2 nitrogen and oxygen atoms in total. The molecule has 0 spiro atoms. The first-order chi connectivity index (χ1) is 19.3. The van der Waals surface area contributed by atoms with Crippen molar-refractivity contribution in [3.05, 3.63) is 86.8 Å². The summed E-state index contributed by atoms with van der Waals surface area (Å²) in [6.45, 7) is 8.34. The van der Waals surface area contributed by atoms with Gasteiger partial charge in [0.25, 0.3) is 0 Å². The van der Waals surface area contributed by atoms with Crippen LogP contribution in [0.15, 0.2) is 54.6 Å². The monoisotopic (exact) mass is 686 g/mol. The zero-order valence-electron chi connectivity index (χ0n) is 23.2. The van der Waals surface area contributed by atoms with E-state index in [4.69, 9.17) is 9.47 Å². The van der Waals surface area contributed by atoms with E-state index in [1.165, 1.54) is 21.0 Å². The third-order valence-electron chi connectivity index (χ3n) is 5.81. The van der Waals surface area contributed by atoms with Crippen molar-refractivity contribution in [3.63, 3.8) is 0 Å². The number of halogens is 4. The molecule has 0 amide bonds. The quantitative estimate of drug-likeness (QED) is 0.116. The molecule has 2 heterocycles. The predicted octanol–water partition coefficient (Wildman–Crippen LogP) is 8.94. The maximum atomic E-state index is 14.1. The van der Waals surface area contributed by atoms with Crippen LogP contribution in [0.4, 0.5) is 17.6 Å². The first-order valence-corrected chi connectivity index (χ1v) is 16.8. The molecule has 4 aromatic rings. The van der Waals surface area contributed by atoms with Crippen LogP contribution in [0, 0.1) is 23.3 Å². The van der Waals surface area contributed by atoms with Gasteiger partial charge in [-0.05, 0) is 0 Å². The third kappa shape index (κ3) is 8.26. The van der Waals surface area contributed by atoms with Crippen LogP contribution in [0.1, 0.15) is 55.8 Å². The van der Waals surface area contributed by atoms with Gasteiger partial charge in [0.2, 0.25) is 0 Å². The Labute approximate surface area is 246 Å². The molecular formula is C32H34F4O2Se2. The first kappa shape index (κ1) is 32.0. The van der Waals surface area contributed by atoms with Crippen LogP contribution in [0.25, 0.3) is 26.1 Å². The molecular weight excluding hydrogens is 650 g/mol. The van der Waals surface area contributed by atoms with Gasteiger partial charge in [0, 0.05) is 0 Å². The third-order valence-corrected chi connectivity index (χ3v) is 10.6. The standard InChI is InChI=1S/C16H18F2OSe.C16H16F2OSe/c2*1-3-5-6-11-7-10-14(20-11)12-8-9-13(19-4-2)16(18)15(12)17/h7-10H,3-6H2,1-2H3;5-10H,3-4H2,1-2H3. The van der Waals surface area contributed by atoms with E-state index < -0.39 is 23.3 Å². The van der Waals surface area contributed by atoms with E-state index in [0.717, 1.165) is 34.6 Å². The summed E-state index contributed by atoms with van der Waals surface area (Å²) >= 11 is 0.127. The fourth-order valence-electron chi connectivity index (χ4n) is 3.81. The van der Waals surface area contributed by atoms with Crippen molar-refractivity contribution in [2.45, 2.75) is 53.4 Å². The fourth-order valence-corrected chi connectivity index (χ4v) is 8.06. The molecule has 0 radical (unpaired) electrons. The van der Waals surface area contributed by atoms with Gasteiger partial charge in [-0.25, -0.2) is 0 Å². The summed E-state index contributed by atoms with van der Waals surface area (Å²) in [7, 11) is 0. The Kier molecular flexibility index (Phi) is 12.9. The minimum absolute atomic E-state index is 0.0148. The molecule has 8 heteroatoms. The van der Waals surface area contributed by atoms with Gasteiger partial charge in [0.05, 0.1) is 0 Å². The van der Waals surface area contributed by atoms with Gasteiger partial charge in [0.15, 0.2) is 0 Å². The molecule has 0 saturated carbocycles. The van der Waals surface area contributed by atoms with Crippen LogP contribution < -0.4 is 9.47 Å². The summed E-state index contributed by atoms with van der Waals surface area (Å²) in [4.78, 5) is 0. The van der Waals surface area contributed by atoms with Gasteiger partial charge < -0.3 is 0 Å². The van der Waals surface area contributed by atoms with E-state index in [1.807, 2.05) is 24.3 Å². The second-order valence-electron chi connectivity index (χ2n) is 8.73. The van der Waals surface area contributed by atoms with E-state index in [0.29, 0.717) is 24.3 Å². The Bertz CT molecular complexity index is 1410. The molecule has 0 fully saturated rings. The number of aryl methyl sites for hydroxylation is 1. The zero-order valence-corrected chi connectivity index (χ0v) is 26.6. The number of unbranched alkanes of at least 4 members (excludes halogenated alkanes) is 1. The van der Waals surface area contributed by atoms with Crippen molar-refractivity contribution in [3.8, 4) is 31.5 Å². The number of ether oxygens (including phenoxy) is 2. The topological polar surface area (TPSA) is 18.5 Å². The van der Waals surface area contributed by atoms with E-state index in [-0.39, 0.29) is 40.5 Å². The molecule has 0 bridgehead atoms. The summed E-state index contributed by atoms with van der Waals surface area (Å²) in [5.41, 5.74) is 0.704. The summed E-state index contributed by atoms with van der Waals surface area (Å²) in [6.07, 6.45) is 8.43. The molecule has 0 saturated heterocycles. The number of allylic oxidation sites excluding steroid dienone is 1. The summed E-state index contributed by atoms with van der Waals surface area (Å²) in [5, 5.41) is 0. The van der Waals surface area contributed by atoms with Crippen molar-refractivity contribution in [2.75, 3.05) is 13.2 Å². The van der Waals surface area contributed by atoms with Gasteiger partial charge >= 0.3 is 247 Å². The van der Waals surface area contributed by atoms with Crippen LogP contribution in [0.3, 0.4) is 0 Å². The van der Waals surface area contributed by atoms with Crippen molar-refractivity contribution in [1.82, 2.24) is 0 Å². The molecule has 2 aromatic carbocycles. The van der Waals surface area contributed by atoms with Crippen LogP contribution in [0.2, 0.25) is 0 Å². The maximum absolute atomic E-state index is 14.1. The van der Waals surface area contributed by atoms with E-state index in [9.17, 15) is 17.6 Å². The Balaban J connectivity index is 0.000000220. The minimum atomic E-state index is -0.904. The second kappa shape index (κ2) is 16.1. The number of benzene rings is 2. The first-order valence-electron chi connectivity index (χ1n) is 13.4. The SMILES string of the molecule is CCC=Cc1ccc(-c2ccc(OCC)c(F)c2F)[se]1.CCCCc1ccc(-c2ccc(OCC)c(F)c2F)[se]1. The molecule has 0 aliphatic heterocycles. The molecule has 214 valence electrons. The van der Waals surface area contributed by atoms with Crippen LogP contribution in [-0.4, -0.2) is 42.2 Å². The summed E-state index contributed by atoms with van der Waals surface area (Å²) in [5.74, 6) is -3.45. The average molecular weight is 685 g/mol. The molecule has 0 aliphatic rings. The van der Waals surface area contributed by atoms with Gasteiger partial charge in [-0.3, -0.25) is 0 Å². The molecule has 4 rings (SSSR count). The Hall–Kier alpha value is -2.50. The Morgan fingerprint density at radius 2 is 1.20 bits per heavy atom. The molecule has 40 heavy (non-hydrogen) atoms. The van der Waals surface area contributed by atoms with Crippen LogP contribution in [-0.2, 0) is 6.42 Å². The molecule has 0 atom stereocenters. The number of rotatable bonds is 11. The Morgan fingerprint density at radius 3 is 1.73 bits per heavy atom. The molecule has 0 aliphatic carbocycles. The van der Waals surface area contributed by atoms with Gasteiger partial charge in [-0.15, -0.1) is 0 Å². The average Bonchev–Trinajstić information content (AvgIpc) is 3.62. The molecule has 0 N–H and O–H groups in total. The predicted molar refractivity (Wildman–Crippen MR) is 158 cm³/mol. The van der Waals surface area contributed by atoms with Crippen LogP contribution >= 0.6 is 0 Å². The van der Waals surface area contributed by atoms with Crippen molar-refractivity contribution < 1.29 is 27.0 Å². The normalized spacial score (nSPS) is 11.0. The Morgan fingerprint density at radius 1 is 0.650 bits per heavy atom. The number of hydrogen-bond donors (Lipinski definition) is 0. The van der Waals surface area contributed by atoms with Gasteiger partial charge in [0.1, 0.15) is 0 Å². The second-order valence-corrected chi connectivity index (χ2v) is 13.5. The van der Waals surface area contributed by atoms with Gasteiger partial charge in [-0.1, -0.05) is 0 Å². The van der Waals surface area contributed by atoms with Gasteiger partial charge in [-0.2, -0.15) is 0 Å². The molecule has 2 aromatic heterocycles. The van der Waals surface area contributed by atoms with E-state index >= 15 is 0 Å². The van der Waals surface area contributed by atoms with Crippen molar-refractivity contribution >= 4 is 35.1 Å². The summed E-state index contributed by atoms with van der Waals surface area (Å²) in [6, 6.07) is 14.0.